The van der Waals surface area contributed by atoms with Crippen molar-refractivity contribution in [1.29, 1.82) is 0 Å². The molecule has 1 aliphatic rings. The van der Waals surface area contributed by atoms with Crippen LogP contribution in [0, 0.1) is 5.41 Å². The number of nitrogen functional groups attached to an aromatic ring is 1. The summed E-state index contributed by atoms with van der Waals surface area (Å²) in [6.07, 6.45) is 5.29. The summed E-state index contributed by atoms with van der Waals surface area (Å²) < 4.78 is 1.88. The second-order valence-electron chi connectivity index (χ2n) is 5.99. The fourth-order valence-corrected chi connectivity index (χ4v) is 2.80. The van der Waals surface area contributed by atoms with Gasteiger partial charge >= 0.3 is 0 Å². The molecule has 1 heterocycles. The number of hydrogen-bond acceptors (Lipinski definition) is 3. The first-order valence-corrected chi connectivity index (χ1v) is 7.05. The first kappa shape index (κ1) is 13.2. The zero-order valence-corrected chi connectivity index (χ0v) is 12.1. The summed E-state index contributed by atoms with van der Waals surface area (Å²) in [4.78, 5) is 0. The Kier molecular flexibility index (Phi) is 3.55. The molecule has 0 unspecified atom stereocenters. The van der Waals surface area contributed by atoms with E-state index in [2.05, 4.69) is 31.2 Å². The Morgan fingerprint density at radius 3 is 2.50 bits per heavy atom. The normalized spacial score (nSPS) is 17.8. The topological polar surface area (TPSA) is 55.9 Å². The lowest BCUT2D eigenvalue weighted by Crippen LogP contribution is -2.36. The van der Waals surface area contributed by atoms with E-state index >= 15 is 0 Å². The minimum absolute atomic E-state index is 0.371. The summed E-state index contributed by atoms with van der Waals surface area (Å²) in [6.45, 7) is 7.56. The maximum absolute atomic E-state index is 6.19. The highest BCUT2D eigenvalue weighted by atomic mass is 15.3. The van der Waals surface area contributed by atoms with Crippen LogP contribution in [0.5, 0.6) is 0 Å². The lowest BCUT2D eigenvalue weighted by Gasteiger charge is -2.41. The first-order chi connectivity index (χ1) is 8.49. The smallest absolute Gasteiger partial charge is 0.147 e. The summed E-state index contributed by atoms with van der Waals surface area (Å²) in [5, 5.41) is 8.03. The van der Waals surface area contributed by atoms with Gasteiger partial charge in [0.15, 0.2) is 0 Å². The monoisotopic (exact) mass is 250 g/mol. The predicted octanol–water partition coefficient (Wildman–Crippen LogP) is 3.12. The van der Waals surface area contributed by atoms with Gasteiger partial charge in [-0.3, -0.25) is 4.68 Å². The van der Waals surface area contributed by atoms with Crippen molar-refractivity contribution in [2.75, 3.05) is 17.6 Å². The minimum Gasteiger partial charge on any atom is -0.394 e. The molecule has 1 aliphatic carbocycles. The highest BCUT2D eigenvalue weighted by molar-refractivity contribution is 5.65. The molecule has 0 bridgehead atoms. The van der Waals surface area contributed by atoms with Gasteiger partial charge in [-0.2, -0.15) is 5.10 Å². The van der Waals surface area contributed by atoms with E-state index in [1.807, 2.05) is 11.7 Å². The van der Waals surface area contributed by atoms with E-state index in [4.69, 9.17) is 5.73 Å². The Balaban J connectivity index is 2.09. The summed E-state index contributed by atoms with van der Waals surface area (Å²) >= 11 is 0. The molecule has 3 N–H and O–H groups in total. The van der Waals surface area contributed by atoms with Crippen molar-refractivity contribution in [3.05, 3.63) is 5.69 Å². The van der Waals surface area contributed by atoms with Crippen LogP contribution in [0.2, 0.25) is 0 Å². The van der Waals surface area contributed by atoms with Crippen LogP contribution in [0.15, 0.2) is 0 Å². The Labute approximate surface area is 110 Å². The van der Waals surface area contributed by atoms with Gasteiger partial charge in [-0.15, -0.1) is 0 Å². The van der Waals surface area contributed by atoms with Crippen molar-refractivity contribution < 1.29 is 0 Å². The molecule has 18 heavy (non-hydrogen) atoms. The fraction of sp³-hybridized carbons (Fsp3) is 0.786. The van der Waals surface area contributed by atoms with E-state index in [-0.39, 0.29) is 0 Å². The molecule has 4 heteroatoms. The van der Waals surface area contributed by atoms with E-state index in [0.29, 0.717) is 11.3 Å². The van der Waals surface area contributed by atoms with E-state index in [1.54, 1.807) is 0 Å². The fourth-order valence-electron chi connectivity index (χ4n) is 2.80. The molecule has 102 valence electrons. The second-order valence-corrected chi connectivity index (χ2v) is 5.99. The quantitative estimate of drug-likeness (QED) is 0.844. The molecule has 1 saturated carbocycles. The molecule has 1 aromatic heterocycles. The third kappa shape index (κ3) is 2.20. The Morgan fingerprint density at radius 1 is 1.44 bits per heavy atom. The average molecular weight is 250 g/mol. The average Bonchev–Trinajstić information content (AvgIpc) is 2.55. The van der Waals surface area contributed by atoms with Crippen LogP contribution in [0.1, 0.15) is 58.1 Å². The number of nitrogens with one attached hydrogen (secondary N) is 1. The number of nitrogens with zero attached hydrogens (tertiary/aromatic N) is 2. The Morgan fingerprint density at radius 2 is 2.11 bits per heavy atom. The zero-order valence-electron chi connectivity index (χ0n) is 12.1. The van der Waals surface area contributed by atoms with Crippen LogP contribution < -0.4 is 11.1 Å². The van der Waals surface area contributed by atoms with Gasteiger partial charge in [0.05, 0.1) is 11.4 Å². The number of aromatic nitrogens is 2. The van der Waals surface area contributed by atoms with Gasteiger partial charge in [0.1, 0.15) is 5.82 Å². The molecular formula is C14H26N4. The second kappa shape index (κ2) is 4.82. The van der Waals surface area contributed by atoms with Gasteiger partial charge in [-0.1, -0.05) is 27.2 Å². The molecular weight excluding hydrogens is 224 g/mol. The van der Waals surface area contributed by atoms with Gasteiger partial charge in [-0.25, -0.2) is 0 Å². The standard InChI is InChI=1S/C14H26N4/c1-5-14(7-6-8-14)9-16-13-11(15)12(10(2)3)17-18(13)4/h10,16H,5-9,15H2,1-4H3. The molecule has 0 aromatic carbocycles. The van der Waals surface area contributed by atoms with Crippen LogP contribution in [-0.2, 0) is 7.05 Å². The molecule has 0 radical (unpaired) electrons. The minimum atomic E-state index is 0.371. The number of nitrogens with two attached hydrogens (primary N) is 1. The summed E-state index contributed by atoms with van der Waals surface area (Å²) in [5.41, 5.74) is 8.50. The molecule has 4 nitrogen and oxygen atoms in total. The van der Waals surface area contributed by atoms with E-state index in [0.717, 1.165) is 23.7 Å². The van der Waals surface area contributed by atoms with Crippen molar-refractivity contribution in [2.45, 2.75) is 52.4 Å². The van der Waals surface area contributed by atoms with Gasteiger partial charge in [0.25, 0.3) is 0 Å². The third-order valence-corrected chi connectivity index (χ3v) is 4.45. The van der Waals surface area contributed by atoms with Gasteiger partial charge in [0, 0.05) is 13.6 Å². The summed E-state index contributed by atoms with van der Waals surface area (Å²) in [7, 11) is 1.96. The molecule has 1 fully saturated rings. The molecule has 1 aromatic rings. The van der Waals surface area contributed by atoms with Crippen molar-refractivity contribution in [2.24, 2.45) is 12.5 Å². The number of hydrogen-bond donors (Lipinski definition) is 2. The van der Waals surface area contributed by atoms with Crippen LogP contribution in [0.3, 0.4) is 0 Å². The van der Waals surface area contributed by atoms with Crippen molar-refractivity contribution >= 4 is 11.5 Å². The van der Waals surface area contributed by atoms with Crippen molar-refractivity contribution in [3.8, 4) is 0 Å². The highest BCUT2D eigenvalue weighted by Gasteiger charge is 2.35. The summed E-state index contributed by atoms with van der Waals surface area (Å²) in [5.74, 6) is 1.36. The maximum atomic E-state index is 6.19. The lowest BCUT2D eigenvalue weighted by atomic mass is 9.67. The Hall–Kier alpha value is -1.19. The molecule has 0 aliphatic heterocycles. The molecule has 2 rings (SSSR count). The van der Waals surface area contributed by atoms with Gasteiger partial charge < -0.3 is 11.1 Å². The molecule has 0 saturated heterocycles. The lowest BCUT2D eigenvalue weighted by molar-refractivity contribution is 0.145. The number of rotatable bonds is 5. The van der Waals surface area contributed by atoms with Crippen LogP contribution in [0.25, 0.3) is 0 Å². The van der Waals surface area contributed by atoms with Crippen LogP contribution in [0.4, 0.5) is 11.5 Å². The number of anilines is 2. The third-order valence-electron chi connectivity index (χ3n) is 4.45. The van der Waals surface area contributed by atoms with Gasteiger partial charge in [-0.05, 0) is 30.6 Å². The SMILES string of the molecule is CCC1(CNc2c(N)c(C(C)C)nn2C)CCC1. The van der Waals surface area contributed by atoms with Crippen molar-refractivity contribution in [1.82, 2.24) is 9.78 Å². The first-order valence-electron chi connectivity index (χ1n) is 7.05. The predicted molar refractivity (Wildman–Crippen MR) is 76.8 cm³/mol. The highest BCUT2D eigenvalue weighted by Crippen LogP contribution is 2.44. The maximum Gasteiger partial charge on any atom is 0.147 e. The van der Waals surface area contributed by atoms with Crippen molar-refractivity contribution in [3.63, 3.8) is 0 Å². The van der Waals surface area contributed by atoms with Crippen LogP contribution in [-0.4, -0.2) is 16.3 Å². The molecule has 0 atom stereocenters. The van der Waals surface area contributed by atoms with E-state index in [1.165, 1.54) is 25.7 Å². The number of aryl methyl sites for hydroxylation is 1. The zero-order chi connectivity index (χ0) is 13.3. The van der Waals surface area contributed by atoms with E-state index < -0.39 is 0 Å². The van der Waals surface area contributed by atoms with E-state index in [9.17, 15) is 0 Å². The van der Waals surface area contributed by atoms with Gasteiger partial charge in [0.2, 0.25) is 0 Å². The molecule has 0 spiro atoms. The van der Waals surface area contributed by atoms with Crippen LogP contribution >= 0.6 is 0 Å². The summed E-state index contributed by atoms with van der Waals surface area (Å²) in [6, 6.07) is 0. The Bertz CT molecular complexity index is 410. The largest absolute Gasteiger partial charge is 0.394 e. The molecule has 0 amide bonds.